The van der Waals surface area contributed by atoms with Crippen LogP contribution in [0.1, 0.15) is 40.0 Å². The van der Waals surface area contributed by atoms with Crippen LogP contribution in [0.25, 0.3) is 5.65 Å². The number of anilines is 1. The van der Waals surface area contributed by atoms with Gasteiger partial charge in [-0.2, -0.15) is 5.10 Å². The van der Waals surface area contributed by atoms with E-state index < -0.39 is 0 Å². The highest BCUT2D eigenvalue weighted by molar-refractivity contribution is 9.10. The van der Waals surface area contributed by atoms with E-state index in [1.54, 1.807) is 10.7 Å². The average molecular weight is 394 g/mol. The highest BCUT2D eigenvalue weighted by Gasteiger charge is 2.31. The summed E-state index contributed by atoms with van der Waals surface area (Å²) in [6.07, 6.45) is 6.19. The van der Waals surface area contributed by atoms with Gasteiger partial charge >= 0.3 is 0 Å². The minimum Gasteiger partial charge on any atom is -0.368 e. The molecule has 6 nitrogen and oxygen atoms in total. The Morgan fingerprint density at radius 3 is 2.96 bits per heavy atom. The van der Waals surface area contributed by atoms with Crippen molar-refractivity contribution in [3.05, 3.63) is 22.9 Å². The number of likely N-dealkylation sites (tertiary alicyclic amines) is 1. The molecule has 1 aliphatic rings. The number of aromatic nitrogens is 3. The molecule has 2 aromatic heterocycles. The predicted octanol–water partition coefficient (Wildman–Crippen LogP) is 3.33. The van der Waals surface area contributed by atoms with Crippen LogP contribution in [0.2, 0.25) is 0 Å². The van der Waals surface area contributed by atoms with Crippen molar-refractivity contribution in [3.63, 3.8) is 0 Å². The number of hydrogen-bond donors (Lipinski definition) is 1. The number of carbonyl (C=O) groups excluding carboxylic acids is 1. The van der Waals surface area contributed by atoms with Crippen molar-refractivity contribution < 1.29 is 4.79 Å². The molecule has 0 bridgehead atoms. The molecule has 1 amide bonds. The van der Waals surface area contributed by atoms with Crippen LogP contribution in [0.3, 0.4) is 0 Å². The van der Waals surface area contributed by atoms with E-state index in [0.29, 0.717) is 6.42 Å². The lowest BCUT2D eigenvalue weighted by molar-refractivity contribution is -0.129. The maximum atomic E-state index is 12.2. The van der Waals surface area contributed by atoms with Crippen LogP contribution >= 0.6 is 15.9 Å². The second-order valence-electron chi connectivity index (χ2n) is 7.54. The first-order chi connectivity index (χ1) is 11.3. The Bertz CT molecular complexity index is 736. The lowest BCUT2D eigenvalue weighted by Crippen LogP contribution is -2.39. The van der Waals surface area contributed by atoms with Crippen LogP contribution < -0.4 is 5.32 Å². The Labute approximate surface area is 150 Å². The molecule has 0 radical (unpaired) electrons. The lowest BCUT2D eigenvalue weighted by atomic mass is 9.92. The fourth-order valence-electron chi connectivity index (χ4n) is 2.93. The third-order valence-corrected chi connectivity index (χ3v) is 4.96. The van der Waals surface area contributed by atoms with Crippen molar-refractivity contribution in [2.24, 2.45) is 5.41 Å². The van der Waals surface area contributed by atoms with Crippen LogP contribution in [-0.2, 0) is 4.79 Å². The van der Waals surface area contributed by atoms with E-state index in [9.17, 15) is 4.79 Å². The van der Waals surface area contributed by atoms with Crippen molar-refractivity contribution in [1.29, 1.82) is 0 Å². The first-order valence-electron chi connectivity index (χ1n) is 8.37. The number of nitrogens with zero attached hydrogens (tertiary/aromatic N) is 4. The molecule has 24 heavy (non-hydrogen) atoms. The smallest absolute Gasteiger partial charge is 0.222 e. The van der Waals surface area contributed by atoms with Gasteiger partial charge in [-0.3, -0.25) is 4.79 Å². The van der Waals surface area contributed by atoms with Crippen LogP contribution in [-0.4, -0.2) is 44.5 Å². The topological polar surface area (TPSA) is 62.5 Å². The number of halogens is 1. The monoisotopic (exact) mass is 393 g/mol. The van der Waals surface area contributed by atoms with Crippen molar-refractivity contribution >= 4 is 33.3 Å². The summed E-state index contributed by atoms with van der Waals surface area (Å²) in [6, 6.07) is 2.15. The van der Waals surface area contributed by atoms with Crippen molar-refractivity contribution in [2.75, 3.05) is 18.4 Å². The number of carbonyl (C=O) groups is 1. The summed E-state index contributed by atoms with van der Waals surface area (Å²) in [5, 5.41) is 7.57. The van der Waals surface area contributed by atoms with E-state index in [2.05, 4.69) is 52.1 Å². The van der Waals surface area contributed by atoms with Gasteiger partial charge in [0.2, 0.25) is 5.91 Å². The van der Waals surface area contributed by atoms with Crippen LogP contribution in [0.5, 0.6) is 0 Å². The fourth-order valence-corrected chi connectivity index (χ4v) is 3.29. The van der Waals surface area contributed by atoms with Gasteiger partial charge in [0.15, 0.2) is 5.65 Å². The standard InChI is InChI=1S/C17H24BrN5O/c1-17(2,3)7-9-22-12(4-5-15(22)24)10-19-14-6-8-23-16(21-14)13(18)11-20-23/h6,8,11-12H,4-5,7,9-10H2,1-3H3,(H,19,21)/t12-/m0/s1. The summed E-state index contributed by atoms with van der Waals surface area (Å²) in [7, 11) is 0. The van der Waals surface area contributed by atoms with Crippen LogP contribution in [0, 0.1) is 5.41 Å². The second kappa shape index (κ2) is 6.70. The van der Waals surface area contributed by atoms with Gasteiger partial charge in [0.25, 0.3) is 0 Å². The van der Waals surface area contributed by atoms with E-state index in [1.807, 2.05) is 17.2 Å². The number of fused-ring (bicyclic) bond motifs is 1. The number of nitrogens with one attached hydrogen (secondary N) is 1. The van der Waals surface area contributed by atoms with Gasteiger partial charge in [0, 0.05) is 31.7 Å². The summed E-state index contributed by atoms with van der Waals surface area (Å²) in [5.41, 5.74) is 1.02. The van der Waals surface area contributed by atoms with Crippen molar-refractivity contribution in [3.8, 4) is 0 Å². The minimum absolute atomic E-state index is 0.238. The maximum absolute atomic E-state index is 12.2. The Morgan fingerprint density at radius 1 is 1.42 bits per heavy atom. The van der Waals surface area contributed by atoms with E-state index in [-0.39, 0.29) is 17.4 Å². The third-order valence-electron chi connectivity index (χ3n) is 4.40. The highest BCUT2D eigenvalue weighted by Crippen LogP contribution is 2.25. The highest BCUT2D eigenvalue weighted by atomic mass is 79.9. The Balaban J connectivity index is 1.63. The molecule has 0 aromatic carbocycles. The SMILES string of the molecule is CC(C)(C)CCN1C(=O)CC[C@H]1CNc1ccn2ncc(Br)c2n1. The minimum atomic E-state index is 0.238. The molecule has 1 fully saturated rings. The van der Waals surface area contributed by atoms with E-state index in [1.165, 1.54) is 0 Å². The van der Waals surface area contributed by atoms with Gasteiger partial charge in [0.05, 0.1) is 10.7 Å². The number of hydrogen-bond acceptors (Lipinski definition) is 4. The molecule has 1 atom stereocenters. The zero-order chi connectivity index (χ0) is 17.3. The van der Waals surface area contributed by atoms with Crippen LogP contribution in [0.4, 0.5) is 5.82 Å². The largest absolute Gasteiger partial charge is 0.368 e. The summed E-state index contributed by atoms with van der Waals surface area (Å²) < 4.78 is 2.60. The van der Waals surface area contributed by atoms with Crippen molar-refractivity contribution in [1.82, 2.24) is 19.5 Å². The zero-order valence-corrected chi connectivity index (χ0v) is 16.0. The molecule has 0 unspecified atom stereocenters. The quantitative estimate of drug-likeness (QED) is 0.845. The van der Waals surface area contributed by atoms with Gasteiger partial charge in [0.1, 0.15) is 5.82 Å². The Kier molecular flexibility index (Phi) is 4.80. The maximum Gasteiger partial charge on any atom is 0.222 e. The van der Waals surface area contributed by atoms with Gasteiger partial charge in [-0.25, -0.2) is 9.50 Å². The molecule has 1 N–H and O–H groups in total. The molecular weight excluding hydrogens is 370 g/mol. The summed E-state index contributed by atoms with van der Waals surface area (Å²) >= 11 is 3.45. The molecule has 0 aliphatic carbocycles. The third kappa shape index (κ3) is 3.88. The first kappa shape index (κ1) is 17.2. The second-order valence-corrected chi connectivity index (χ2v) is 8.40. The Morgan fingerprint density at radius 2 is 2.21 bits per heavy atom. The molecule has 130 valence electrons. The summed E-state index contributed by atoms with van der Waals surface area (Å²) in [4.78, 5) is 18.8. The molecule has 0 spiro atoms. The number of amides is 1. The van der Waals surface area contributed by atoms with Crippen LogP contribution in [0.15, 0.2) is 22.9 Å². The molecule has 7 heteroatoms. The first-order valence-corrected chi connectivity index (χ1v) is 9.16. The normalized spacial score (nSPS) is 18.6. The van der Waals surface area contributed by atoms with Gasteiger partial charge in [-0.1, -0.05) is 20.8 Å². The van der Waals surface area contributed by atoms with E-state index >= 15 is 0 Å². The molecule has 1 saturated heterocycles. The summed E-state index contributed by atoms with van der Waals surface area (Å²) in [5.74, 6) is 1.08. The van der Waals surface area contributed by atoms with Gasteiger partial charge in [-0.05, 0) is 40.3 Å². The molecule has 3 heterocycles. The predicted molar refractivity (Wildman–Crippen MR) is 98.0 cm³/mol. The number of rotatable bonds is 5. The van der Waals surface area contributed by atoms with Crippen molar-refractivity contribution in [2.45, 2.75) is 46.1 Å². The lowest BCUT2D eigenvalue weighted by Gasteiger charge is -2.28. The zero-order valence-electron chi connectivity index (χ0n) is 14.4. The molecule has 1 aliphatic heterocycles. The van der Waals surface area contributed by atoms with E-state index in [4.69, 9.17) is 0 Å². The Hall–Kier alpha value is -1.63. The molecule has 0 saturated carbocycles. The fraction of sp³-hybridized carbons (Fsp3) is 0.588. The van der Waals surface area contributed by atoms with Gasteiger partial charge < -0.3 is 10.2 Å². The average Bonchev–Trinajstić information content (AvgIpc) is 3.06. The van der Waals surface area contributed by atoms with E-state index in [0.717, 1.165) is 41.9 Å². The molecular formula is C17H24BrN5O. The molecule has 3 rings (SSSR count). The molecule has 2 aromatic rings. The summed E-state index contributed by atoms with van der Waals surface area (Å²) in [6.45, 7) is 8.19. The van der Waals surface area contributed by atoms with Gasteiger partial charge in [-0.15, -0.1) is 0 Å².